The lowest BCUT2D eigenvalue weighted by Gasteiger charge is -2.37. The van der Waals surface area contributed by atoms with E-state index in [1.165, 1.54) is 7.11 Å². The van der Waals surface area contributed by atoms with E-state index in [2.05, 4.69) is 11.6 Å². The topological polar surface area (TPSA) is 72.5 Å². The molecular weight excluding hydrogens is 373 g/mol. The van der Waals surface area contributed by atoms with Gasteiger partial charge in [0.05, 0.1) is 12.9 Å². The first-order valence-electron chi connectivity index (χ1n) is 7.72. The van der Waals surface area contributed by atoms with Gasteiger partial charge in [0, 0.05) is 15.6 Å². The van der Waals surface area contributed by atoms with Crippen molar-refractivity contribution in [2.45, 2.75) is 43.9 Å². The summed E-state index contributed by atoms with van der Waals surface area (Å²) in [4.78, 5) is 12.3. The van der Waals surface area contributed by atoms with Gasteiger partial charge in [-0.05, 0) is 43.7 Å². The molecule has 5 nitrogen and oxygen atoms in total. The first kappa shape index (κ1) is 19.5. The third kappa shape index (κ3) is 4.42. The fraction of sp³-hybridized carbons (Fsp3) is 0.562. The number of rotatable bonds is 5. The summed E-state index contributed by atoms with van der Waals surface area (Å²) in [5.41, 5.74) is -0.897. The van der Waals surface area contributed by atoms with Crippen molar-refractivity contribution in [1.29, 1.82) is 0 Å². The highest BCUT2D eigenvalue weighted by molar-refractivity contribution is 7.88. The number of hydrogen-bond donors (Lipinski definition) is 1. The van der Waals surface area contributed by atoms with E-state index in [0.717, 1.165) is 12.8 Å². The molecule has 1 aliphatic carbocycles. The van der Waals surface area contributed by atoms with E-state index in [1.807, 2.05) is 0 Å². The molecule has 1 aliphatic rings. The summed E-state index contributed by atoms with van der Waals surface area (Å²) < 4.78 is 32.7. The van der Waals surface area contributed by atoms with Crippen molar-refractivity contribution >= 4 is 39.2 Å². The molecule has 0 heterocycles. The molecule has 0 radical (unpaired) electrons. The standard InChI is InChI=1S/C16H21Cl2NO4S/c1-11-6-8-16(9-7-11,15(20)23-2)19-24(21,22)10-12-13(17)4-3-5-14(12)18/h3-5,11,19H,6-10H2,1-2H3. The van der Waals surface area contributed by atoms with E-state index in [0.29, 0.717) is 24.3 Å². The minimum absolute atomic E-state index is 0.275. The number of carbonyl (C=O) groups is 1. The second-order valence-electron chi connectivity index (χ2n) is 6.32. The molecule has 0 bridgehead atoms. The van der Waals surface area contributed by atoms with E-state index < -0.39 is 21.5 Å². The summed E-state index contributed by atoms with van der Waals surface area (Å²) in [7, 11) is -2.56. The minimum atomic E-state index is -3.83. The van der Waals surface area contributed by atoms with E-state index >= 15 is 0 Å². The molecule has 0 aliphatic heterocycles. The Morgan fingerprint density at radius 2 is 1.83 bits per heavy atom. The van der Waals surface area contributed by atoms with Crippen LogP contribution in [-0.2, 0) is 25.3 Å². The number of methoxy groups -OCH3 is 1. The van der Waals surface area contributed by atoms with E-state index in [4.69, 9.17) is 27.9 Å². The molecule has 0 aromatic heterocycles. The monoisotopic (exact) mass is 393 g/mol. The van der Waals surface area contributed by atoms with Gasteiger partial charge in [-0.1, -0.05) is 36.2 Å². The largest absolute Gasteiger partial charge is 0.468 e. The Morgan fingerprint density at radius 1 is 1.29 bits per heavy atom. The fourth-order valence-corrected chi connectivity index (χ4v) is 5.33. The molecule has 24 heavy (non-hydrogen) atoms. The van der Waals surface area contributed by atoms with E-state index in [9.17, 15) is 13.2 Å². The molecule has 1 aromatic rings. The van der Waals surface area contributed by atoms with E-state index in [-0.39, 0.29) is 15.8 Å². The average Bonchev–Trinajstić information content (AvgIpc) is 2.52. The maximum absolute atomic E-state index is 12.6. The van der Waals surface area contributed by atoms with Crippen LogP contribution < -0.4 is 4.72 Å². The third-order valence-corrected chi connectivity index (χ3v) is 6.53. The van der Waals surface area contributed by atoms with Crippen LogP contribution in [0.25, 0.3) is 0 Å². The van der Waals surface area contributed by atoms with Gasteiger partial charge in [0.2, 0.25) is 10.0 Å². The molecule has 0 atom stereocenters. The number of halogens is 2. The first-order valence-corrected chi connectivity index (χ1v) is 10.1. The van der Waals surface area contributed by atoms with Crippen LogP contribution in [0, 0.1) is 5.92 Å². The van der Waals surface area contributed by atoms with Crippen LogP contribution in [0.3, 0.4) is 0 Å². The maximum Gasteiger partial charge on any atom is 0.327 e. The molecular formula is C16H21Cl2NO4S. The molecule has 1 N–H and O–H groups in total. The van der Waals surface area contributed by atoms with Crippen molar-refractivity contribution < 1.29 is 17.9 Å². The Labute approximate surface area is 152 Å². The summed E-state index contributed by atoms with van der Waals surface area (Å²) in [6.07, 6.45) is 2.33. The summed E-state index contributed by atoms with van der Waals surface area (Å²) in [5.74, 6) is -0.492. The highest BCUT2D eigenvalue weighted by atomic mass is 35.5. The van der Waals surface area contributed by atoms with E-state index in [1.54, 1.807) is 18.2 Å². The van der Waals surface area contributed by atoms with Crippen LogP contribution >= 0.6 is 23.2 Å². The van der Waals surface area contributed by atoms with Crippen molar-refractivity contribution in [3.8, 4) is 0 Å². The number of esters is 1. The lowest BCUT2D eigenvalue weighted by Crippen LogP contribution is -2.56. The number of hydrogen-bond acceptors (Lipinski definition) is 4. The van der Waals surface area contributed by atoms with Crippen LogP contribution in [0.15, 0.2) is 18.2 Å². The molecule has 134 valence electrons. The predicted molar refractivity (Wildman–Crippen MR) is 94.6 cm³/mol. The zero-order valence-corrected chi connectivity index (χ0v) is 16.0. The Bertz CT molecular complexity index is 693. The molecule has 0 spiro atoms. The number of benzene rings is 1. The lowest BCUT2D eigenvalue weighted by atomic mass is 9.78. The third-order valence-electron chi connectivity index (χ3n) is 4.45. The fourth-order valence-electron chi connectivity index (χ4n) is 2.99. The molecule has 0 unspecified atom stereocenters. The van der Waals surface area contributed by atoms with Gasteiger partial charge >= 0.3 is 5.97 Å². The summed E-state index contributed by atoms with van der Waals surface area (Å²) in [5, 5.41) is 0.550. The Morgan fingerprint density at radius 3 is 2.33 bits per heavy atom. The average molecular weight is 394 g/mol. The van der Waals surface area contributed by atoms with Gasteiger partial charge in [-0.15, -0.1) is 0 Å². The minimum Gasteiger partial charge on any atom is -0.468 e. The second-order valence-corrected chi connectivity index (χ2v) is 8.85. The predicted octanol–water partition coefficient (Wildman–Crippen LogP) is 3.53. The Hall–Kier alpha value is -0.820. The van der Waals surface area contributed by atoms with Crippen molar-refractivity contribution in [2.24, 2.45) is 5.92 Å². The summed E-state index contributed by atoms with van der Waals surface area (Å²) in [6, 6.07) is 4.81. The normalized spacial score (nSPS) is 24.6. The van der Waals surface area contributed by atoms with Crippen LogP contribution in [0.4, 0.5) is 0 Å². The highest BCUT2D eigenvalue weighted by Gasteiger charge is 2.45. The van der Waals surface area contributed by atoms with Gasteiger partial charge in [0.15, 0.2) is 0 Å². The van der Waals surface area contributed by atoms with Gasteiger partial charge in [0.1, 0.15) is 5.54 Å². The van der Waals surface area contributed by atoms with Crippen molar-refractivity contribution in [3.05, 3.63) is 33.8 Å². The number of nitrogens with one attached hydrogen (secondary N) is 1. The molecule has 0 amide bonds. The number of carbonyl (C=O) groups excluding carboxylic acids is 1. The van der Waals surface area contributed by atoms with Gasteiger partial charge in [-0.25, -0.2) is 8.42 Å². The molecule has 1 aromatic carbocycles. The van der Waals surface area contributed by atoms with Crippen LogP contribution in [-0.4, -0.2) is 27.0 Å². The smallest absolute Gasteiger partial charge is 0.327 e. The zero-order valence-electron chi connectivity index (χ0n) is 13.6. The maximum atomic E-state index is 12.6. The van der Waals surface area contributed by atoms with Gasteiger partial charge < -0.3 is 4.74 Å². The molecule has 1 fully saturated rings. The van der Waals surface area contributed by atoms with Crippen LogP contribution in [0.2, 0.25) is 10.0 Å². The van der Waals surface area contributed by atoms with Gasteiger partial charge in [0.25, 0.3) is 0 Å². The Kier molecular flexibility index (Phi) is 6.18. The lowest BCUT2D eigenvalue weighted by molar-refractivity contribution is -0.149. The van der Waals surface area contributed by atoms with Crippen molar-refractivity contribution in [3.63, 3.8) is 0 Å². The number of sulfonamides is 1. The summed E-state index contributed by atoms with van der Waals surface area (Å²) >= 11 is 12.1. The van der Waals surface area contributed by atoms with Crippen LogP contribution in [0.5, 0.6) is 0 Å². The van der Waals surface area contributed by atoms with Gasteiger partial charge in [-0.2, -0.15) is 4.72 Å². The quantitative estimate of drug-likeness (QED) is 0.776. The first-order chi connectivity index (χ1) is 11.2. The second kappa shape index (κ2) is 7.60. The molecule has 0 saturated heterocycles. The SMILES string of the molecule is COC(=O)C1(NS(=O)(=O)Cc2c(Cl)cccc2Cl)CCC(C)CC1. The molecule has 8 heteroatoms. The Balaban J connectivity index is 2.26. The number of ether oxygens (including phenoxy) is 1. The zero-order chi connectivity index (χ0) is 18.0. The molecule has 2 rings (SSSR count). The van der Waals surface area contributed by atoms with Crippen molar-refractivity contribution in [1.82, 2.24) is 4.72 Å². The van der Waals surface area contributed by atoms with Crippen LogP contribution in [0.1, 0.15) is 38.2 Å². The van der Waals surface area contributed by atoms with Gasteiger partial charge in [-0.3, -0.25) is 4.79 Å². The summed E-state index contributed by atoms with van der Waals surface area (Å²) in [6.45, 7) is 2.08. The van der Waals surface area contributed by atoms with Crippen molar-refractivity contribution in [2.75, 3.05) is 7.11 Å². The molecule has 1 saturated carbocycles. The highest BCUT2D eigenvalue weighted by Crippen LogP contribution is 2.34.